The van der Waals surface area contributed by atoms with Gasteiger partial charge in [0, 0.05) is 6.04 Å². The molecule has 2 aromatic heterocycles. The Morgan fingerprint density at radius 2 is 1.83 bits per heavy atom. The van der Waals surface area contributed by atoms with E-state index < -0.39 is 17.5 Å². The van der Waals surface area contributed by atoms with E-state index in [-0.39, 0.29) is 16.8 Å². The average molecular weight is 356 g/mol. The number of hydrogen-bond donors (Lipinski definition) is 1. The van der Waals surface area contributed by atoms with Crippen molar-refractivity contribution in [3.05, 3.63) is 41.0 Å². The summed E-state index contributed by atoms with van der Waals surface area (Å²) in [6.45, 7) is 3.81. The molecular weight excluding hydrogens is 343 g/mol. The molecular formula is C16H13ClF3N3O. The van der Waals surface area contributed by atoms with Crippen LogP contribution in [0.3, 0.4) is 0 Å². The molecule has 0 atom stereocenters. The molecule has 2 heterocycles. The van der Waals surface area contributed by atoms with Crippen molar-refractivity contribution < 1.29 is 18.3 Å². The highest BCUT2D eigenvalue weighted by Crippen LogP contribution is 2.38. The van der Waals surface area contributed by atoms with Gasteiger partial charge in [0.2, 0.25) is 0 Å². The SMILES string of the molecule is CC(C)n1c(-c2ccc(C(F)(F)F)cc2O)nc2nc(Cl)ccc21. The van der Waals surface area contributed by atoms with E-state index in [9.17, 15) is 18.3 Å². The number of phenols is 1. The lowest BCUT2D eigenvalue weighted by Gasteiger charge is -2.14. The molecule has 0 saturated carbocycles. The molecule has 126 valence electrons. The first kappa shape index (κ1) is 16.6. The zero-order valence-electron chi connectivity index (χ0n) is 12.8. The number of pyridine rings is 1. The van der Waals surface area contributed by atoms with Crippen molar-refractivity contribution in [1.82, 2.24) is 14.5 Å². The van der Waals surface area contributed by atoms with Crippen LogP contribution in [0.4, 0.5) is 13.2 Å². The van der Waals surface area contributed by atoms with Crippen molar-refractivity contribution in [2.45, 2.75) is 26.1 Å². The van der Waals surface area contributed by atoms with Gasteiger partial charge in [0.15, 0.2) is 5.65 Å². The molecule has 0 radical (unpaired) electrons. The first-order valence-electron chi connectivity index (χ1n) is 7.13. The zero-order chi connectivity index (χ0) is 17.6. The number of fused-ring (bicyclic) bond motifs is 1. The first-order valence-corrected chi connectivity index (χ1v) is 7.51. The lowest BCUT2D eigenvalue weighted by molar-refractivity contribution is -0.137. The van der Waals surface area contributed by atoms with E-state index in [4.69, 9.17) is 11.6 Å². The number of aromatic hydroxyl groups is 1. The van der Waals surface area contributed by atoms with Gasteiger partial charge in [0.25, 0.3) is 0 Å². The van der Waals surface area contributed by atoms with Crippen molar-refractivity contribution in [3.63, 3.8) is 0 Å². The van der Waals surface area contributed by atoms with Crippen LogP contribution in [0.2, 0.25) is 5.15 Å². The normalized spacial score (nSPS) is 12.3. The minimum Gasteiger partial charge on any atom is -0.507 e. The van der Waals surface area contributed by atoms with Gasteiger partial charge in [0.05, 0.1) is 16.6 Å². The van der Waals surface area contributed by atoms with Gasteiger partial charge in [-0.25, -0.2) is 9.97 Å². The summed E-state index contributed by atoms with van der Waals surface area (Å²) in [5.74, 6) is -0.158. The second-order valence-electron chi connectivity index (χ2n) is 5.61. The van der Waals surface area contributed by atoms with Crippen LogP contribution in [0.15, 0.2) is 30.3 Å². The molecule has 0 spiro atoms. The van der Waals surface area contributed by atoms with Crippen LogP contribution in [-0.4, -0.2) is 19.6 Å². The van der Waals surface area contributed by atoms with E-state index in [0.717, 1.165) is 6.07 Å². The number of imidazole rings is 1. The van der Waals surface area contributed by atoms with Crippen molar-refractivity contribution >= 4 is 22.8 Å². The Hall–Kier alpha value is -2.28. The van der Waals surface area contributed by atoms with Crippen LogP contribution in [0.25, 0.3) is 22.6 Å². The molecule has 0 amide bonds. The maximum atomic E-state index is 12.8. The fraction of sp³-hybridized carbons (Fsp3) is 0.250. The van der Waals surface area contributed by atoms with Gasteiger partial charge >= 0.3 is 6.18 Å². The van der Waals surface area contributed by atoms with Gasteiger partial charge < -0.3 is 9.67 Å². The van der Waals surface area contributed by atoms with Crippen LogP contribution < -0.4 is 0 Å². The average Bonchev–Trinajstić information content (AvgIpc) is 2.84. The summed E-state index contributed by atoms with van der Waals surface area (Å²) >= 11 is 5.87. The standard InChI is InChI=1S/C16H13ClF3N3O/c1-8(2)23-11-5-6-13(17)21-14(11)22-15(23)10-4-3-9(7-12(10)24)16(18,19)20/h3-8,24H,1-2H3. The fourth-order valence-electron chi connectivity index (χ4n) is 2.57. The molecule has 8 heteroatoms. The van der Waals surface area contributed by atoms with Gasteiger partial charge in [-0.3, -0.25) is 0 Å². The number of hydrogen-bond acceptors (Lipinski definition) is 3. The second kappa shape index (κ2) is 5.66. The monoisotopic (exact) mass is 355 g/mol. The lowest BCUT2D eigenvalue weighted by atomic mass is 10.1. The maximum absolute atomic E-state index is 12.8. The molecule has 0 bridgehead atoms. The van der Waals surface area contributed by atoms with Crippen LogP contribution in [0, 0.1) is 0 Å². The summed E-state index contributed by atoms with van der Waals surface area (Å²) in [6.07, 6.45) is -4.52. The van der Waals surface area contributed by atoms with Gasteiger partial charge in [-0.1, -0.05) is 11.6 Å². The molecule has 4 nitrogen and oxygen atoms in total. The van der Waals surface area contributed by atoms with Crippen LogP contribution in [0.5, 0.6) is 5.75 Å². The zero-order valence-corrected chi connectivity index (χ0v) is 13.5. The summed E-state index contributed by atoms with van der Waals surface area (Å²) in [5, 5.41) is 10.4. The van der Waals surface area contributed by atoms with Gasteiger partial charge in [0.1, 0.15) is 16.7 Å². The molecule has 0 aliphatic rings. The van der Waals surface area contributed by atoms with Crippen molar-refractivity contribution in [2.24, 2.45) is 0 Å². The molecule has 0 aliphatic carbocycles. The van der Waals surface area contributed by atoms with Crippen molar-refractivity contribution in [3.8, 4) is 17.1 Å². The maximum Gasteiger partial charge on any atom is 0.416 e. The number of nitrogens with zero attached hydrogens (tertiary/aromatic N) is 3. The predicted molar refractivity (Wildman–Crippen MR) is 85.0 cm³/mol. The number of phenolic OH excluding ortho intramolecular Hbond substituents is 1. The Kier molecular flexibility index (Phi) is 3.91. The van der Waals surface area contributed by atoms with Crippen LogP contribution >= 0.6 is 11.6 Å². The highest BCUT2D eigenvalue weighted by molar-refractivity contribution is 6.29. The van der Waals surface area contributed by atoms with Crippen molar-refractivity contribution in [2.75, 3.05) is 0 Å². The second-order valence-corrected chi connectivity index (χ2v) is 5.99. The third-order valence-electron chi connectivity index (χ3n) is 3.60. The van der Waals surface area contributed by atoms with E-state index in [2.05, 4.69) is 9.97 Å². The molecule has 0 saturated heterocycles. The van der Waals surface area contributed by atoms with Gasteiger partial charge in [-0.05, 0) is 44.2 Å². The summed E-state index contributed by atoms with van der Waals surface area (Å²) in [6, 6.07) is 6.12. The lowest BCUT2D eigenvalue weighted by Crippen LogP contribution is -2.06. The molecule has 24 heavy (non-hydrogen) atoms. The Bertz CT molecular complexity index is 919. The fourth-order valence-corrected chi connectivity index (χ4v) is 2.71. The van der Waals surface area contributed by atoms with E-state index in [1.165, 1.54) is 6.07 Å². The van der Waals surface area contributed by atoms with E-state index in [1.807, 2.05) is 13.8 Å². The Morgan fingerprint density at radius 1 is 1.12 bits per heavy atom. The Morgan fingerprint density at radius 3 is 2.42 bits per heavy atom. The number of aromatic nitrogens is 3. The third-order valence-corrected chi connectivity index (χ3v) is 3.81. The molecule has 0 fully saturated rings. The highest BCUT2D eigenvalue weighted by atomic mass is 35.5. The number of halogens is 4. The third kappa shape index (κ3) is 2.80. The molecule has 3 aromatic rings. The molecule has 3 rings (SSSR count). The first-order chi connectivity index (χ1) is 11.2. The molecule has 1 N–H and O–H groups in total. The minimum absolute atomic E-state index is 0.0466. The largest absolute Gasteiger partial charge is 0.507 e. The molecule has 0 unspecified atom stereocenters. The quantitative estimate of drug-likeness (QED) is 0.654. The molecule has 0 aliphatic heterocycles. The number of alkyl halides is 3. The summed E-state index contributed by atoms with van der Waals surface area (Å²) in [4.78, 5) is 8.47. The van der Waals surface area contributed by atoms with Gasteiger partial charge in [-0.2, -0.15) is 13.2 Å². The minimum atomic E-state index is -4.52. The smallest absolute Gasteiger partial charge is 0.416 e. The number of rotatable bonds is 2. The van der Waals surface area contributed by atoms with E-state index in [1.54, 1.807) is 16.7 Å². The van der Waals surface area contributed by atoms with E-state index >= 15 is 0 Å². The highest BCUT2D eigenvalue weighted by Gasteiger charge is 2.31. The summed E-state index contributed by atoms with van der Waals surface area (Å²) in [7, 11) is 0. The van der Waals surface area contributed by atoms with Gasteiger partial charge in [-0.15, -0.1) is 0 Å². The van der Waals surface area contributed by atoms with Crippen molar-refractivity contribution in [1.29, 1.82) is 0 Å². The predicted octanol–water partition coefficient (Wildman–Crippen LogP) is 5.06. The summed E-state index contributed by atoms with van der Waals surface area (Å²) in [5.41, 5.74) is 0.331. The van der Waals surface area contributed by atoms with Crippen LogP contribution in [-0.2, 0) is 6.18 Å². The number of benzene rings is 1. The molecule has 1 aromatic carbocycles. The Balaban J connectivity index is 2.24. The van der Waals surface area contributed by atoms with Crippen LogP contribution in [0.1, 0.15) is 25.5 Å². The Labute approximate surface area is 140 Å². The van der Waals surface area contributed by atoms with E-state index in [0.29, 0.717) is 23.1 Å². The topological polar surface area (TPSA) is 50.9 Å². The summed E-state index contributed by atoms with van der Waals surface area (Å²) < 4.78 is 40.1.